The van der Waals surface area contributed by atoms with Crippen LogP contribution in [0.1, 0.15) is 41.6 Å². The van der Waals surface area contributed by atoms with Crippen LogP contribution in [0.4, 0.5) is 21.4 Å². The highest BCUT2D eigenvalue weighted by Crippen LogP contribution is 2.29. The standard InChI is InChI=1S/C22H28N6O4S/c1-13-6-7-15(29)14(2)18(13)26-19(30)16-12-24-20(33-16)25-17-8-10-28(27-17)11-9-23-21(31)32-22(3,4)5/h6-8,10,12,29H,9,11H2,1-5H3,(H,23,31)(H,26,30)(H,24,25,27). The van der Waals surface area contributed by atoms with Crippen LogP contribution in [-0.4, -0.2) is 44.0 Å². The van der Waals surface area contributed by atoms with Crippen LogP contribution in [0.2, 0.25) is 0 Å². The second-order valence-electron chi connectivity index (χ2n) is 8.40. The molecule has 0 aliphatic rings. The number of alkyl carbamates (subject to hydrolysis) is 1. The van der Waals surface area contributed by atoms with E-state index in [1.54, 1.807) is 56.8 Å². The van der Waals surface area contributed by atoms with E-state index in [-0.39, 0.29) is 11.7 Å². The van der Waals surface area contributed by atoms with E-state index in [0.29, 0.717) is 40.2 Å². The number of nitrogens with one attached hydrogen (secondary N) is 3. The van der Waals surface area contributed by atoms with Crippen LogP contribution in [-0.2, 0) is 11.3 Å². The number of phenolic OH excluding ortho intramolecular Hbond substituents is 1. The molecule has 0 aliphatic heterocycles. The predicted octanol–water partition coefficient (Wildman–Crippen LogP) is 4.18. The Morgan fingerprint density at radius 2 is 1.97 bits per heavy atom. The molecule has 0 bridgehead atoms. The summed E-state index contributed by atoms with van der Waals surface area (Å²) in [5.41, 5.74) is 1.50. The lowest BCUT2D eigenvalue weighted by molar-refractivity contribution is 0.0525. The number of benzene rings is 1. The molecular weight excluding hydrogens is 444 g/mol. The number of aryl methyl sites for hydroxylation is 1. The van der Waals surface area contributed by atoms with Gasteiger partial charge in [-0.2, -0.15) is 5.10 Å². The molecule has 0 radical (unpaired) electrons. The molecule has 0 aliphatic carbocycles. The molecule has 1 aromatic carbocycles. The van der Waals surface area contributed by atoms with E-state index in [1.165, 1.54) is 17.5 Å². The molecule has 0 fully saturated rings. The van der Waals surface area contributed by atoms with Gasteiger partial charge in [0.1, 0.15) is 16.2 Å². The number of carbonyl (C=O) groups is 2. The quantitative estimate of drug-likeness (QED) is 0.406. The van der Waals surface area contributed by atoms with Crippen LogP contribution in [0, 0.1) is 13.8 Å². The average molecular weight is 473 g/mol. The molecule has 4 N–H and O–H groups in total. The first-order valence-electron chi connectivity index (χ1n) is 10.4. The molecule has 0 atom stereocenters. The van der Waals surface area contributed by atoms with Gasteiger partial charge >= 0.3 is 6.09 Å². The minimum absolute atomic E-state index is 0.124. The molecular formula is C22H28N6O4S. The van der Waals surface area contributed by atoms with Crippen LogP contribution in [0.3, 0.4) is 0 Å². The van der Waals surface area contributed by atoms with Crippen molar-refractivity contribution in [2.75, 3.05) is 17.2 Å². The summed E-state index contributed by atoms with van der Waals surface area (Å²) in [7, 11) is 0. The monoisotopic (exact) mass is 472 g/mol. The van der Waals surface area contributed by atoms with E-state index in [4.69, 9.17) is 4.74 Å². The Bertz CT molecular complexity index is 1150. The summed E-state index contributed by atoms with van der Waals surface area (Å²) in [6.07, 6.45) is 2.78. The minimum Gasteiger partial charge on any atom is -0.508 e. The molecule has 176 valence electrons. The Morgan fingerprint density at radius 3 is 2.70 bits per heavy atom. The maximum absolute atomic E-state index is 12.6. The zero-order valence-corrected chi connectivity index (χ0v) is 20.0. The summed E-state index contributed by atoms with van der Waals surface area (Å²) in [5.74, 6) is 0.379. The van der Waals surface area contributed by atoms with E-state index in [2.05, 4.69) is 26.0 Å². The highest BCUT2D eigenvalue weighted by molar-refractivity contribution is 7.17. The Morgan fingerprint density at radius 1 is 1.21 bits per heavy atom. The number of anilines is 3. The largest absolute Gasteiger partial charge is 0.508 e. The van der Waals surface area contributed by atoms with Crippen molar-refractivity contribution in [2.45, 2.75) is 46.8 Å². The Labute approximate surface area is 196 Å². The van der Waals surface area contributed by atoms with Crippen molar-refractivity contribution in [2.24, 2.45) is 0 Å². The molecule has 0 unspecified atom stereocenters. The van der Waals surface area contributed by atoms with E-state index >= 15 is 0 Å². The maximum Gasteiger partial charge on any atom is 0.407 e. The van der Waals surface area contributed by atoms with Gasteiger partial charge in [0, 0.05) is 24.4 Å². The van der Waals surface area contributed by atoms with Crippen LogP contribution < -0.4 is 16.0 Å². The lowest BCUT2D eigenvalue weighted by Gasteiger charge is -2.19. The van der Waals surface area contributed by atoms with Crippen molar-refractivity contribution in [3.8, 4) is 5.75 Å². The van der Waals surface area contributed by atoms with Gasteiger partial charge in [-0.1, -0.05) is 17.4 Å². The fourth-order valence-electron chi connectivity index (χ4n) is 2.89. The van der Waals surface area contributed by atoms with Crippen LogP contribution in [0.25, 0.3) is 0 Å². The second kappa shape index (κ2) is 9.90. The lowest BCUT2D eigenvalue weighted by Crippen LogP contribution is -2.34. The van der Waals surface area contributed by atoms with E-state index < -0.39 is 11.7 Å². The molecule has 2 heterocycles. The Kier molecular flexibility index (Phi) is 7.22. The summed E-state index contributed by atoms with van der Waals surface area (Å²) in [4.78, 5) is 29.0. The number of rotatable bonds is 7. The van der Waals surface area contributed by atoms with Gasteiger partial charge in [-0.25, -0.2) is 9.78 Å². The third-order valence-corrected chi connectivity index (χ3v) is 5.41. The van der Waals surface area contributed by atoms with Gasteiger partial charge in [0.2, 0.25) is 0 Å². The number of phenols is 1. The third kappa shape index (κ3) is 6.69. The summed E-state index contributed by atoms with van der Waals surface area (Å²) in [6, 6.07) is 5.12. The predicted molar refractivity (Wildman–Crippen MR) is 127 cm³/mol. The lowest BCUT2D eigenvalue weighted by atomic mass is 10.1. The van der Waals surface area contributed by atoms with Gasteiger partial charge in [-0.05, 0) is 46.2 Å². The number of carbonyl (C=O) groups excluding carboxylic acids is 2. The highest BCUT2D eigenvalue weighted by Gasteiger charge is 2.16. The summed E-state index contributed by atoms with van der Waals surface area (Å²) >= 11 is 1.19. The summed E-state index contributed by atoms with van der Waals surface area (Å²) in [6.45, 7) is 9.86. The summed E-state index contributed by atoms with van der Waals surface area (Å²) < 4.78 is 6.87. The second-order valence-corrected chi connectivity index (χ2v) is 9.43. The molecule has 3 aromatic rings. The van der Waals surface area contributed by atoms with E-state index in [0.717, 1.165) is 5.56 Å². The fourth-order valence-corrected chi connectivity index (χ4v) is 3.61. The zero-order chi connectivity index (χ0) is 24.2. The van der Waals surface area contributed by atoms with E-state index in [1.807, 2.05) is 6.92 Å². The van der Waals surface area contributed by atoms with Crippen molar-refractivity contribution in [3.63, 3.8) is 0 Å². The van der Waals surface area contributed by atoms with Gasteiger partial charge in [0.25, 0.3) is 5.91 Å². The number of nitrogens with zero attached hydrogens (tertiary/aromatic N) is 3. The topological polar surface area (TPSA) is 130 Å². The number of thiazole rings is 1. The van der Waals surface area contributed by atoms with Crippen molar-refractivity contribution < 1.29 is 19.4 Å². The molecule has 0 saturated carbocycles. The van der Waals surface area contributed by atoms with E-state index in [9.17, 15) is 14.7 Å². The number of aromatic nitrogens is 3. The zero-order valence-electron chi connectivity index (χ0n) is 19.2. The van der Waals surface area contributed by atoms with Crippen molar-refractivity contribution in [1.82, 2.24) is 20.1 Å². The molecule has 0 spiro atoms. The molecule has 2 amide bonds. The van der Waals surface area contributed by atoms with Crippen molar-refractivity contribution in [3.05, 3.63) is 46.6 Å². The first-order chi connectivity index (χ1) is 15.5. The first kappa shape index (κ1) is 24.1. The smallest absolute Gasteiger partial charge is 0.407 e. The van der Waals surface area contributed by atoms with Gasteiger partial charge in [0.05, 0.1) is 18.4 Å². The molecule has 3 rings (SSSR count). The maximum atomic E-state index is 12.6. The number of hydrogen-bond acceptors (Lipinski definition) is 8. The van der Waals surface area contributed by atoms with Crippen LogP contribution in [0.15, 0.2) is 30.6 Å². The van der Waals surface area contributed by atoms with Crippen LogP contribution in [0.5, 0.6) is 5.75 Å². The number of hydrogen-bond donors (Lipinski definition) is 4. The van der Waals surface area contributed by atoms with Gasteiger partial charge < -0.3 is 25.8 Å². The van der Waals surface area contributed by atoms with Gasteiger partial charge in [-0.3, -0.25) is 9.48 Å². The molecule has 0 saturated heterocycles. The van der Waals surface area contributed by atoms with Crippen LogP contribution >= 0.6 is 11.3 Å². The third-order valence-electron chi connectivity index (χ3n) is 4.50. The van der Waals surface area contributed by atoms with Crippen molar-refractivity contribution in [1.29, 1.82) is 0 Å². The normalized spacial score (nSPS) is 11.2. The van der Waals surface area contributed by atoms with Crippen molar-refractivity contribution >= 4 is 40.0 Å². The molecule has 10 nitrogen and oxygen atoms in total. The number of aromatic hydroxyl groups is 1. The molecule has 2 aromatic heterocycles. The minimum atomic E-state index is -0.545. The summed E-state index contributed by atoms with van der Waals surface area (Å²) in [5, 5.41) is 23.4. The number of amides is 2. The SMILES string of the molecule is Cc1ccc(O)c(C)c1NC(=O)c1cnc(Nc2ccn(CCNC(=O)OC(C)(C)C)n2)s1. The Balaban J connectivity index is 1.54. The first-order valence-corrected chi connectivity index (χ1v) is 11.2. The van der Waals surface area contributed by atoms with Gasteiger partial charge in [-0.15, -0.1) is 0 Å². The fraction of sp³-hybridized carbons (Fsp3) is 0.364. The van der Waals surface area contributed by atoms with Gasteiger partial charge in [0.15, 0.2) is 10.9 Å². The molecule has 11 heteroatoms. The average Bonchev–Trinajstić information content (AvgIpc) is 3.37. The number of ether oxygens (including phenoxy) is 1. The Hall–Kier alpha value is -3.60. The molecule has 33 heavy (non-hydrogen) atoms. The highest BCUT2D eigenvalue weighted by atomic mass is 32.1.